The summed E-state index contributed by atoms with van der Waals surface area (Å²) in [7, 11) is 0.585. The van der Waals surface area contributed by atoms with Gasteiger partial charge in [-0.25, -0.2) is 23.2 Å². The molecule has 9 nitrogen and oxygen atoms in total. The van der Waals surface area contributed by atoms with Gasteiger partial charge in [0.05, 0.1) is 27.0 Å². The van der Waals surface area contributed by atoms with Crippen LogP contribution in [-0.4, -0.2) is 79.9 Å². The summed E-state index contributed by atoms with van der Waals surface area (Å²) >= 11 is 0. The van der Waals surface area contributed by atoms with Crippen LogP contribution in [0.2, 0.25) is 0 Å². The molecule has 1 amide bonds. The van der Waals surface area contributed by atoms with Crippen LogP contribution in [0.1, 0.15) is 10.4 Å². The van der Waals surface area contributed by atoms with Gasteiger partial charge < -0.3 is 15.3 Å². The van der Waals surface area contributed by atoms with Crippen molar-refractivity contribution in [3.8, 4) is 0 Å². The lowest BCUT2D eigenvalue weighted by molar-refractivity contribution is -0.192. The third-order valence-corrected chi connectivity index (χ3v) is 6.29. The van der Waals surface area contributed by atoms with E-state index < -0.39 is 22.0 Å². The van der Waals surface area contributed by atoms with Crippen LogP contribution in [0.5, 0.6) is 0 Å². The predicted molar refractivity (Wildman–Crippen MR) is 132 cm³/mol. The number of fused-ring (bicyclic) bond motifs is 4. The fourth-order valence-corrected chi connectivity index (χ4v) is 4.03. The molecule has 0 aliphatic carbocycles. The number of halogens is 3. The van der Waals surface area contributed by atoms with Crippen molar-refractivity contribution >= 4 is 54.6 Å². The zero-order chi connectivity index (χ0) is 27.5. The minimum Gasteiger partial charge on any atom is -0.475 e. The van der Waals surface area contributed by atoms with Crippen molar-refractivity contribution in [2.45, 2.75) is 11.1 Å². The Morgan fingerprint density at radius 3 is 2.24 bits per heavy atom. The van der Waals surface area contributed by atoms with Crippen LogP contribution in [0.4, 0.5) is 13.2 Å². The highest BCUT2D eigenvalue weighted by Crippen LogP contribution is 2.28. The molecular weight excluding hydrogens is 513 g/mol. The van der Waals surface area contributed by atoms with Crippen molar-refractivity contribution in [3.05, 3.63) is 54.1 Å². The average molecular weight is 537 g/mol. The number of alkyl halides is 3. The van der Waals surface area contributed by atoms with Gasteiger partial charge in [0.15, 0.2) is 9.84 Å². The average Bonchev–Trinajstić information content (AvgIpc) is 2.81. The lowest BCUT2D eigenvalue weighted by Crippen LogP contribution is -2.31. The molecule has 13 heteroatoms. The van der Waals surface area contributed by atoms with Gasteiger partial charge in [-0.15, -0.1) is 0 Å². The SMILES string of the molecule is CN(C)CCNC(=O)c1cccc2nc3ccc4cc(S(C)(=O)=O)ccc4c3nc12.O=C(O)C(F)(F)F. The summed E-state index contributed by atoms with van der Waals surface area (Å²) in [4.78, 5) is 33.3. The Kier molecular flexibility index (Phi) is 7.98. The highest BCUT2D eigenvalue weighted by molar-refractivity contribution is 7.90. The molecule has 4 aromatic rings. The van der Waals surface area contributed by atoms with Gasteiger partial charge in [-0.2, -0.15) is 13.2 Å². The first-order valence-corrected chi connectivity index (χ1v) is 12.6. The zero-order valence-electron chi connectivity index (χ0n) is 20.0. The number of carboxylic acid groups (broad SMARTS) is 1. The second kappa shape index (κ2) is 10.6. The van der Waals surface area contributed by atoms with E-state index in [0.717, 1.165) is 17.3 Å². The first kappa shape index (κ1) is 27.7. The Morgan fingerprint density at radius 2 is 1.65 bits per heavy atom. The van der Waals surface area contributed by atoms with E-state index in [2.05, 4.69) is 10.3 Å². The van der Waals surface area contributed by atoms with Crippen LogP contribution < -0.4 is 5.32 Å². The maximum Gasteiger partial charge on any atom is 0.490 e. The molecule has 2 N–H and O–H groups in total. The number of nitrogens with one attached hydrogen (secondary N) is 1. The quantitative estimate of drug-likeness (QED) is 0.294. The van der Waals surface area contributed by atoms with Crippen LogP contribution in [0.3, 0.4) is 0 Å². The van der Waals surface area contributed by atoms with Crippen LogP contribution in [0.25, 0.3) is 32.8 Å². The van der Waals surface area contributed by atoms with Gasteiger partial charge in [0.1, 0.15) is 5.52 Å². The number of carbonyl (C=O) groups excluding carboxylic acids is 1. The number of para-hydroxylation sites is 1. The number of sulfone groups is 1. The number of aliphatic carboxylic acids is 1. The summed E-state index contributed by atoms with van der Waals surface area (Å²) in [5.74, 6) is -2.96. The molecule has 0 saturated carbocycles. The van der Waals surface area contributed by atoms with Crippen molar-refractivity contribution < 1.29 is 36.3 Å². The van der Waals surface area contributed by atoms with Crippen LogP contribution in [0.15, 0.2) is 53.4 Å². The molecule has 0 aliphatic rings. The number of hydrogen-bond acceptors (Lipinski definition) is 7. The Balaban J connectivity index is 0.000000479. The molecule has 1 aromatic heterocycles. The predicted octanol–water partition coefficient (Wildman–Crippen LogP) is 3.26. The van der Waals surface area contributed by atoms with E-state index in [4.69, 9.17) is 14.9 Å². The molecule has 196 valence electrons. The molecular formula is C24H23F3N4O5S. The number of amides is 1. The number of aromatic nitrogens is 2. The summed E-state index contributed by atoms with van der Waals surface area (Å²) in [5, 5.41) is 11.6. The molecule has 0 radical (unpaired) electrons. The van der Waals surface area contributed by atoms with Gasteiger partial charge in [-0.3, -0.25) is 4.79 Å². The van der Waals surface area contributed by atoms with Gasteiger partial charge >= 0.3 is 12.1 Å². The summed E-state index contributed by atoms with van der Waals surface area (Å²) in [5.41, 5.74) is 2.94. The Labute approximate surface area is 209 Å². The molecule has 0 atom stereocenters. The lowest BCUT2D eigenvalue weighted by atomic mass is 10.1. The normalized spacial score (nSPS) is 12.0. The van der Waals surface area contributed by atoms with E-state index in [0.29, 0.717) is 34.2 Å². The molecule has 0 bridgehead atoms. The van der Waals surface area contributed by atoms with Crippen molar-refractivity contribution in [1.29, 1.82) is 0 Å². The molecule has 0 saturated heterocycles. The minimum atomic E-state index is -5.08. The van der Waals surface area contributed by atoms with Crippen LogP contribution in [0, 0.1) is 0 Å². The van der Waals surface area contributed by atoms with E-state index in [-0.39, 0.29) is 10.8 Å². The number of nitrogens with zero attached hydrogens (tertiary/aromatic N) is 3. The van der Waals surface area contributed by atoms with Gasteiger partial charge in [-0.1, -0.05) is 18.2 Å². The number of hydrogen-bond donors (Lipinski definition) is 2. The number of likely N-dealkylation sites (N-methyl/N-ethyl adjacent to an activating group) is 1. The van der Waals surface area contributed by atoms with Gasteiger partial charge in [-0.05, 0) is 49.8 Å². The zero-order valence-corrected chi connectivity index (χ0v) is 20.8. The van der Waals surface area contributed by atoms with E-state index in [1.807, 2.05) is 37.2 Å². The largest absolute Gasteiger partial charge is 0.490 e. The first-order chi connectivity index (χ1) is 17.2. The monoisotopic (exact) mass is 536 g/mol. The van der Waals surface area contributed by atoms with Gasteiger partial charge in [0.2, 0.25) is 0 Å². The molecule has 4 rings (SSSR count). The number of carbonyl (C=O) groups is 2. The van der Waals surface area contributed by atoms with Crippen LogP contribution in [-0.2, 0) is 14.6 Å². The lowest BCUT2D eigenvalue weighted by Gasteiger charge is -2.12. The topological polar surface area (TPSA) is 130 Å². The Morgan fingerprint density at radius 1 is 1.00 bits per heavy atom. The highest BCUT2D eigenvalue weighted by Gasteiger charge is 2.38. The summed E-state index contributed by atoms with van der Waals surface area (Å²) in [6.07, 6.45) is -3.90. The van der Waals surface area contributed by atoms with Gasteiger partial charge in [0, 0.05) is 24.7 Å². The fourth-order valence-electron chi connectivity index (χ4n) is 3.37. The Hall–Kier alpha value is -3.84. The van der Waals surface area contributed by atoms with Gasteiger partial charge in [0.25, 0.3) is 5.91 Å². The molecule has 0 spiro atoms. The summed E-state index contributed by atoms with van der Waals surface area (Å²) < 4.78 is 55.5. The van der Waals surface area contributed by atoms with E-state index in [9.17, 15) is 26.4 Å². The molecule has 0 fully saturated rings. The smallest absolute Gasteiger partial charge is 0.475 e. The maximum absolute atomic E-state index is 12.7. The summed E-state index contributed by atoms with van der Waals surface area (Å²) in [6.45, 7) is 1.26. The third kappa shape index (κ3) is 6.68. The van der Waals surface area contributed by atoms with Crippen molar-refractivity contribution in [2.75, 3.05) is 33.4 Å². The minimum absolute atomic E-state index is 0.198. The first-order valence-electron chi connectivity index (χ1n) is 10.7. The van der Waals surface area contributed by atoms with E-state index in [1.54, 1.807) is 30.3 Å². The Bertz CT molecular complexity index is 1610. The van der Waals surface area contributed by atoms with Crippen LogP contribution >= 0.6 is 0 Å². The highest BCUT2D eigenvalue weighted by atomic mass is 32.2. The summed E-state index contributed by atoms with van der Waals surface area (Å²) in [6, 6.07) is 14.0. The molecule has 0 aliphatic heterocycles. The number of rotatable bonds is 5. The second-order valence-corrected chi connectivity index (χ2v) is 10.4. The molecule has 3 aromatic carbocycles. The fraction of sp³-hybridized carbons (Fsp3) is 0.250. The van der Waals surface area contributed by atoms with E-state index >= 15 is 0 Å². The third-order valence-electron chi connectivity index (χ3n) is 5.18. The van der Waals surface area contributed by atoms with E-state index in [1.165, 1.54) is 6.26 Å². The molecule has 37 heavy (non-hydrogen) atoms. The molecule has 1 heterocycles. The van der Waals surface area contributed by atoms with Crippen molar-refractivity contribution in [2.24, 2.45) is 0 Å². The van der Waals surface area contributed by atoms with Crippen molar-refractivity contribution in [1.82, 2.24) is 20.2 Å². The van der Waals surface area contributed by atoms with Crippen molar-refractivity contribution in [3.63, 3.8) is 0 Å². The standard InChI is InChI=1S/C22H22N4O3S.C2HF3O2/c1-26(2)12-11-23-22(27)17-5-4-6-18-21(17)25-20-16-9-8-15(30(3,28)29)13-14(16)7-10-19(20)24-18;3-2(4,5)1(6)7/h4-10,13H,11-12H2,1-3H3,(H,23,27);(H,6,7). The maximum atomic E-state index is 12.7. The number of benzene rings is 3. The second-order valence-electron chi connectivity index (χ2n) is 8.35. The number of carboxylic acids is 1. The molecule has 0 unspecified atom stereocenters.